The Morgan fingerprint density at radius 1 is 1.43 bits per heavy atom. The lowest BCUT2D eigenvalue weighted by atomic mass is 9.97. The summed E-state index contributed by atoms with van der Waals surface area (Å²) in [6.07, 6.45) is 8.45. The number of carbonyl (C=O) groups is 1. The van der Waals surface area contributed by atoms with Gasteiger partial charge < -0.3 is 11.1 Å². The van der Waals surface area contributed by atoms with Crippen LogP contribution >= 0.6 is 0 Å². The molecule has 2 aromatic rings. The first-order valence-electron chi connectivity index (χ1n) is 7.27. The van der Waals surface area contributed by atoms with E-state index in [1.54, 1.807) is 18.5 Å². The molecule has 116 valence electrons. The topological polar surface area (TPSA) is 72.4 Å². The molecule has 0 bridgehead atoms. The number of nitrogens with two attached hydrogens (primary N) is 1. The maximum atomic E-state index is 12.5. The number of hydrogen-bond donors (Lipinski definition) is 2. The minimum atomic E-state index is -0.467. The zero-order valence-corrected chi connectivity index (χ0v) is 12.9. The van der Waals surface area contributed by atoms with Gasteiger partial charge in [0.2, 0.25) is 5.91 Å². The number of nitrogens with zero attached hydrogens (tertiary/aromatic N) is 2. The highest BCUT2D eigenvalue weighted by molar-refractivity contribution is 5.97. The molecule has 0 aliphatic heterocycles. The van der Waals surface area contributed by atoms with Gasteiger partial charge in [-0.1, -0.05) is 12.1 Å². The van der Waals surface area contributed by atoms with Crippen molar-refractivity contribution in [3.05, 3.63) is 65.4 Å². The van der Waals surface area contributed by atoms with E-state index in [2.05, 4.69) is 15.1 Å². The minimum Gasteiger partial charge on any atom is -0.329 e. The van der Waals surface area contributed by atoms with E-state index in [0.29, 0.717) is 0 Å². The van der Waals surface area contributed by atoms with Gasteiger partial charge in [-0.2, -0.15) is 0 Å². The van der Waals surface area contributed by atoms with Crippen molar-refractivity contribution in [1.29, 1.82) is 0 Å². The molecule has 0 saturated carbocycles. The Bertz CT molecular complexity index is 802. The van der Waals surface area contributed by atoms with Crippen molar-refractivity contribution in [1.82, 2.24) is 4.98 Å². The van der Waals surface area contributed by atoms with Crippen LogP contribution in [0.15, 0.2) is 60.6 Å². The quantitative estimate of drug-likeness (QED) is 0.833. The molecule has 1 heterocycles. The lowest BCUT2D eigenvalue weighted by molar-refractivity contribution is -0.118. The summed E-state index contributed by atoms with van der Waals surface area (Å²) in [6.45, 7) is 7.13. The van der Waals surface area contributed by atoms with E-state index in [1.165, 1.54) is 6.20 Å². The average molecular weight is 307 g/mol. The Hall–Kier alpha value is -2.97. The van der Waals surface area contributed by atoms with Crippen LogP contribution in [-0.2, 0) is 4.79 Å². The summed E-state index contributed by atoms with van der Waals surface area (Å²) in [7, 11) is 0. The van der Waals surface area contributed by atoms with Crippen LogP contribution in [0.4, 0.5) is 5.69 Å². The molecule has 0 radical (unpaired) electrons. The smallest absolute Gasteiger partial charge is 0.305 e. The fourth-order valence-electron chi connectivity index (χ4n) is 2.33. The van der Waals surface area contributed by atoms with E-state index < -0.39 is 5.92 Å². The maximum Gasteiger partial charge on any atom is 0.305 e. The predicted molar refractivity (Wildman–Crippen MR) is 94.1 cm³/mol. The SMILES string of the molecule is C#[N+]/C=C\C(=C/C)C(CN)C(=O)Nc1ccc2cnccc2c1. The van der Waals surface area contributed by atoms with E-state index >= 15 is 0 Å². The normalized spacial score (nSPS) is 13.0. The van der Waals surface area contributed by atoms with E-state index in [-0.39, 0.29) is 12.5 Å². The molecule has 0 saturated heterocycles. The van der Waals surface area contributed by atoms with Gasteiger partial charge in [0.15, 0.2) is 0 Å². The highest BCUT2D eigenvalue weighted by atomic mass is 16.1. The highest BCUT2D eigenvalue weighted by Crippen LogP contribution is 2.20. The molecule has 0 fully saturated rings. The van der Waals surface area contributed by atoms with Crippen LogP contribution in [-0.4, -0.2) is 17.4 Å². The second kappa shape index (κ2) is 7.87. The van der Waals surface area contributed by atoms with Gasteiger partial charge in [-0.15, -0.1) is 0 Å². The molecule has 5 heteroatoms. The summed E-state index contributed by atoms with van der Waals surface area (Å²) < 4.78 is 0. The van der Waals surface area contributed by atoms with Crippen LogP contribution in [0.1, 0.15) is 6.92 Å². The Labute approximate surface area is 135 Å². The molecule has 3 N–H and O–H groups in total. The van der Waals surface area contributed by atoms with Gasteiger partial charge >= 0.3 is 6.20 Å². The number of benzene rings is 1. The van der Waals surface area contributed by atoms with Gasteiger partial charge in [-0.05, 0) is 40.9 Å². The number of amides is 1. The van der Waals surface area contributed by atoms with Crippen molar-refractivity contribution >= 4 is 22.4 Å². The molecule has 1 aromatic heterocycles. The van der Waals surface area contributed by atoms with E-state index in [9.17, 15) is 4.79 Å². The minimum absolute atomic E-state index is 0.171. The van der Waals surface area contributed by atoms with Gasteiger partial charge in [-0.3, -0.25) is 9.78 Å². The zero-order valence-electron chi connectivity index (χ0n) is 12.9. The molecule has 5 nitrogen and oxygen atoms in total. The number of pyridine rings is 1. The summed E-state index contributed by atoms with van der Waals surface area (Å²) in [4.78, 5) is 20.0. The van der Waals surface area contributed by atoms with Crippen LogP contribution in [0, 0.1) is 12.5 Å². The number of aromatic nitrogens is 1. The fraction of sp³-hybridized carbons (Fsp3) is 0.167. The molecular formula is C18H19N4O+. The molecule has 1 amide bonds. The third kappa shape index (κ3) is 4.02. The largest absolute Gasteiger partial charge is 0.329 e. The Balaban J connectivity index is 2.20. The molecular weight excluding hydrogens is 288 g/mol. The summed E-state index contributed by atoms with van der Waals surface area (Å²) in [6, 6.07) is 7.56. The zero-order chi connectivity index (χ0) is 16.7. The van der Waals surface area contributed by atoms with Crippen LogP contribution in [0.2, 0.25) is 0 Å². The number of carbonyl (C=O) groups excluding carboxylic acids is 1. The van der Waals surface area contributed by atoms with Gasteiger partial charge in [-0.25, -0.2) is 0 Å². The lowest BCUT2D eigenvalue weighted by Gasteiger charge is -2.15. The number of allylic oxidation sites excluding steroid dienone is 2. The average Bonchev–Trinajstić information content (AvgIpc) is 2.58. The summed E-state index contributed by atoms with van der Waals surface area (Å²) >= 11 is 0. The number of rotatable bonds is 5. The first kappa shape index (κ1) is 16.4. The number of hydrogen-bond acceptors (Lipinski definition) is 3. The fourth-order valence-corrected chi connectivity index (χ4v) is 2.33. The Morgan fingerprint density at radius 2 is 2.26 bits per heavy atom. The van der Waals surface area contributed by atoms with Crippen molar-refractivity contribution in [3.8, 4) is 6.57 Å². The first-order valence-corrected chi connectivity index (χ1v) is 7.27. The van der Waals surface area contributed by atoms with E-state index in [0.717, 1.165) is 22.0 Å². The van der Waals surface area contributed by atoms with Crippen LogP contribution in [0.25, 0.3) is 15.6 Å². The Kier molecular flexibility index (Phi) is 5.61. The second-order valence-corrected chi connectivity index (χ2v) is 4.97. The second-order valence-electron chi connectivity index (χ2n) is 4.97. The molecule has 2 rings (SSSR count). The molecule has 1 unspecified atom stereocenters. The molecule has 23 heavy (non-hydrogen) atoms. The maximum absolute atomic E-state index is 12.5. The van der Waals surface area contributed by atoms with Gasteiger partial charge in [0.1, 0.15) is 0 Å². The molecule has 1 aromatic carbocycles. The lowest BCUT2D eigenvalue weighted by Crippen LogP contribution is -2.30. The number of anilines is 1. The van der Waals surface area contributed by atoms with Crippen LogP contribution < -0.4 is 11.1 Å². The van der Waals surface area contributed by atoms with E-state index in [1.807, 2.05) is 37.3 Å². The van der Waals surface area contributed by atoms with Gasteiger partial charge in [0.05, 0.1) is 5.92 Å². The number of nitrogens with one attached hydrogen (secondary N) is 1. The first-order chi connectivity index (χ1) is 11.2. The third-order valence-corrected chi connectivity index (χ3v) is 3.55. The van der Waals surface area contributed by atoms with Crippen molar-refractivity contribution in [2.75, 3.05) is 11.9 Å². The van der Waals surface area contributed by atoms with E-state index in [4.69, 9.17) is 12.3 Å². The monoisotopic (exact) mass is 307 g/mol. The molecule has 1 atom stereocenters. The van der Waals surface area contributed by atoms with Crippen molar-refractivity contribution < 1.29 is 4.79 Å². The molecule has 0 aliphatic carbocycles. The van der Waals surface area contributed by atoms with Crippen molar-refractivity contribution in [3.63, 3.8) is 0 Å². The predicted octanol–water partition coefficient (Wildman–Crippen LogP) is 3.17. The highest BCUT2D eigenvalue weighted by Gasteiger charge is 2.20. The van der Waals surface area contributed by atoms with Crippen LogP contribution in [0.5, 0.6) is 0 Å². The van der Waals surface area contributed by atoms with Gasteiger partial charge in [0.25, 0.3) is 6.57 Å². The molecule has 0 spiro atoms. The van der Waals surface area contributed by atoms with Crippen LogP contribution in [0.3, 0.4) is 0 Å². The van der Waals surface area contributed by atoms with Gasteiger partial charge in [0, 0.05) is 36.1 Å². The standard InChI is InChI=1S/C18H18N4O/c1-3-13(6-8-20-2)17(11-19)18(23)22-16-5-4-15-12-21-9-7-14(15)10-16/h2-10,12,17H,11,19H2,1H3/p+1/b8-6-,13-3+. The summed E-state index contributed by atoms with van der Waals surface area (Å²) in [5.74, 6) is -0.637. The molecule has 0 aliphatic rings. The van der Waals surface area contributed by atoms with Crippen molar-refractivity contribution in [2.45, 2.75) is 6.92 Å². The van der Waals surface area contributed by atoms with Crippen molar-refractivity contribution in [2.24, 2.45) is 11.7 Å². The summed E-state index contributed by atoms with van der Waals surface area (Å²) in [5.41, 5.74) is 7.25. The summed E-state index contributed by atoms with van der Waals surface area (Å²) in [5, 5.41) is 4.93. The Morgan fingerprint density at radius 3 is 2.96 bits per heavy atom. The number of fused-ring (bicyclic) bond motifs is 1. The third-order valence-electron chi connectivity index (χ3n) is 3.55.